The van der Waals surface area contributed by atoms with Crippen LogP contribution in [0, 0.1) is 13.8 Å². The van der Waals surface area contributed by atoms with Crippen molar-refractivity contribution in [2.45, 2.75) is 13.8 Å². The standard InChI is InChI=1S/C24H20N8/c1-13-5-4-6-15(9-13)16-10-25-11-19-21(16)29-24(28-19)23-22-18(30-31-23)8-7-17(27-22)20-12-26-14(2)32(20)3/h4-12H,1-3H3,(H,28,29)(H,30,31). The number of aromatic amines is 2. The highest BCUT2D eigenvalue weighted by Crippen LogP contribution is 2.31. The number of fused-ring (bicyclic) bond motifs is 2. The van der Waals surface area contributed by atoms with Gasteiger partial charge in [0.25, 0.3) is 0 Å². The number of benzene rings is 1. The third kappa shape index (κ3) is 2.80. The molecule has 0 fully saturated rings. The van der Waals surface area contributed by atoms with Crippen LogP contribution in [0.15, 0.2) is 55.0 Å². The zero-order valence-corrected chi connectivity index (χ0v) is 17.9. The second-order valence-corrected chi connectivity index (χ2v) is 7.95. The number of imidazole rings is 2. The summed E-state index contributed by atoms with van der Waals surface area (Å²) < 4.78 is 2.02. The van der Waals surface area contributed by atoms with Gasteiger partial charge in [0.05, 0.1) is 40.3 Å². The second-order valence-electron chi connectivity index (χ2n) is 7.95. The molecule has 0 aliphatic heterocycles. The maximum absolute atomic E-state index is 4.90. The Labute approximate surface area is 183 Å². The number of rotatable bonds is 3. The first-order chi connectivity index (χ1) is 15.6. The summed E-state index contributed by atoms with van der Waals surface area (Å²) in [6, 6.07) is 12.3. The predicted molar refractivity (Wildman–Crippen MR) is 124 cm³/mol. The summed E-state index contributed by atoms with van der Waals surface area (Å²) in [5.41, 5.74) is 9.03. The number of nitrogens with one attached hydrogen (secondary N) is 2. The molecule has 5 aromatic heterocycles. The normalized spacial score (nSPS) is 11.6. The maximum Gasteiger partial charge on any atom is 0.161 e. The number of hydrogen-bond acceptors (Lipinski definition) is 5. The lowest BCUT2D eigenvalue weighted by Crippen LogP contribution is -1.96. The van der Waals surface area contributed by atoms with Gasteiger partial charge in [-0.25, -0.2) is 15.0 Å². The van der Waals surface area contributed by atoms with Crippen molar-refractivity contribution in [1.29, 1.82) is 0 Å². The van der Waals surface area contributed by atoms with Crippen LogP contribution >= 0.6 is 0 Å². The molecule has 156 valence electrons. The first-order valence-electron chi connectivity index (χ1n) is 10.3. The highest BCUT2D eigenvalue weighted by atomic mass is 15.2. The Balaban J connectivity index is 1.52. The summed E-state index contributed by atoms with van der Waals surface area (Å²) >= 11 is 0. The Hall–Kier alpha value is -4.33. The molecule has 0 amide bonds. The molecule has 5 heterocycles. The third-order valence-corrected chi connectivity index (χ3v) is 5.84. The zero-order valence-electron chi connectivity index (χ0n) is 17.9. The van der Waals surface area contributed by atoms with Gasteiger partial charge in [0.15, 0.2) is 11.5 Å². The van der Waals surface area contributed by atoms with E-state index in [-0.39, 0.29) is 0 Å². The second kappa shape index (κ2) is 6.84. The Morgan fingerprint density at radius 3 is 2.62 bits per heavy atom. The van der Waals surface area contributed by atoms with E-state index < -0.39 is 0 Å². The van der Waals surface area contributed by atoms with Crippen molar-refractivity contribution >= 4 is 22.1 Å². The van der Waals surface area contributed by atoms with E-state index >= 15 is 0 Å². The summed E-state index contributed by atoms with van der Waals surface area (Å²) in [5.74, 6) is 1.58. The van der Waals surface area contributed by atoms with E-state index in [1.165, 1.54) is 5.56 Å². The topological polar surface area (TPSA) is 101 Å². The van der Waals surface area contributed by atoms with Crippen LogP contribution in [0.5, 0.6) is 0 Å². The molecule has 6 aromatic rings. The number of nitrogens with zero attached hydrogens (tertiary/aromatic N) is 6. The predicted octanol–water partition coefficient (Wildman–Crippen LogP) is 4.58. The molecule has 32 heavy (non-hydrogen) atoms. The Morgan fingerprint density at radius 2 is 1.81 bits per heavy atom. The van der Waals surface area contributed by atoms with Gasteiger partial charge in [0.2, 0.25) is 0 Å². The Bertz CT molecular complexity index is 1620. The molecule has 0 unspecified atom stereocenters. The minimum atomic E-state index is 0.652. The maximum atomic E-state index is 4.90. The number of aryl methyl sites for hydroxylation is 2. The van der Waals surface area contributed by atoms with Crippen molar-refractivity contribution in [3.05, 3.63) is 66.4 Å². The van der Waals surface area contributed by atoms with Crippen molar-refractivity contribution in [1.82, 2.24) is 39.7 Å². The van der Waals surface area contributed by atoms with E-state index in [1.54, 1.807) is 6.20 Å². The van der Waals surface area contributed by atoms with Crippen LogP contribution in [0.25, 0.3) is 56.1 Å². The molecule has 0 spiro atoms. The molecule has 0 saturated carbocycles. The van der Waals surface area contributed by atoms with Crippen molar-refractivity contribution in [2.24, 2.45) is 7.05 Å². The molecule has 0 aliphatic carbocycles. The monoisotopic (exact) mass is 420 g/mol. The molecule has 0 saturated heterocycles. The molecule has 0 atom stereocenters. The SMILES string of the molecule is Cc1cccc(-c2cncc3[nH]c(-c4n[nH]c5ccc(-c6cnc(C)n6C)nc45)nc23)c1. The fourth-order valence-electron chi connectivity index (χ4n) is 4.02. The minimum Gasteiger partial charge on any atom is -0.335 e. The van der Waals surface area contributed by atoms with Crippen LogP contribution in [0.4, 0.5) is 0 Å². The molecule has 8 nitrogen and oxygen atoms in total. The van der Waals surface area contributed by atoms with Gasteiger partial charge in [-0.3, -0.25) is 10.1 Å². The van der Waals surface area contributed by atoms with Gasteiger partial charge in [0, 0.05) is 18.8 Å². The van der Waals surface area contributed by atoms with E-state index in [1.807, 2.05) is 49.1 Å². The van der Waals surface area contributed by atoms with Crippen LogP contribution in [-0.2, 0) is 7.05 Å². The van der Waals surface area contributed by atoms with Crippen LogP contribution in [0.1, 0.15) is 11.4 Å². The average molecular weight is 420 g/mol. The molecule has 0 aliphatic rings. The smallest absolute Gasteiger partial charge is 0.161 e. The van der Waals surface area contributed by atoms with E-state index in [0.29, 0.717) is 11.5 Å². The number of pyridine rings is 2. The van der Waals surface area contributed by atoms with E-state index in [0.717, 1.165) is 50.4 Å². The first-order valence-corrected chi connectivity index (χ1v) is 10.3. The fraction of sp³-hybridized carbons (Fsp3) is 0.125. The lowest BCUT2D eigenvalue weighted by molar-refractivity contribution is 0.862. The lowest BCUT2D eigenvalue weighted by Gasteiger charge is -2.03. The molecule has 0 bridgehead atoms. The summed E-state index contributed by atoms with van der Waals surface area (Å²) in [6.07, 6.45) is 5.48. The van der Waals surface area contributed by atoms with Crippen molar-refractivity contribution < 1.29 is 0 Å². The number of H-pyrrole nitrogens is 2. The number of hydrogen-bond donors (Lipinski definition) is 2. The quantitative estimate of drug-likeness (QED) is 0.436. The molecule has 8 heteroatoms. The van der Waals surface area contributed by atoms with Crippen LogP contribution in [-0.4, -0.2) is 39.7 Å². The van der Waals surface area contributed by atoms with Gasteiger partial charge in [0.1, 0.15) is 11.3 Å². The summed E-state index contributed by atoms with van der Waals surface area (Å²) in [5, 5.41) is 7.59. The highest BCUT2D eigenvalue weighted by molar-refractivity contribution is 5.95. The van der Waals surface area contributed by atoms with Gasteiger partial charge in [-0.05, 0) is 31.5 Å². The lowest BCUT2D eigenvalue weighted by atomic mass is 10.0. The minimum absolute atomic E-state index is 0.652. The Morgan fingerprint density at radius 1 is 0.906 bits per heavy atom. The van der Waals surface area contributed by atoms with E-state index in [4.69, 9.17) is 9.97 Å². The molecule has 0 radical (unpaired) electrons. The largest absolute Gasteiger partial charge is 0.335 e. The van der Waals surface area contributed by atoms with Gasteiger partial charge in [-0.1, -0.05) is 29.8 Å². The summed E-state index contributed by atoms with van der Waals surface area (Å²) in [7, 11) is 1.99. The van der Waals surface area contributed by atoms with E-state index in [2.05, 4.69) is 50.3 Å². The molecule has 2 N–H and O–H groups in total. The Kier molecular flexibility index (Phi) is 3.94. The van der Waals surface area contributed by atoms with Crippen molar-refractivity contribution in [2.75, 3.05) is 0 Å². The van der Waals surface area contributed by atoms with Gasteiger partial charge in [-0.15, -0.1) is 0 Å². The van der Waals surface area contributed by atoms with Gasteiger partial charge >= 0.3 is 0 Å². The van der Waals surface area contributed by atoms with Crippen molar-refractivity contribution in [3.8, 4) is 34.0 Å². The molecular weight excluding hydrogens is 400 g/mol. The number of aromatic nitrogens is 8. The first kappa shape index (κ1) is 18.4. The average Bonchev–Trinajstić information content (AvgIpc) is 3.50. The molecule has 1 aromatic carbocycles. The van der Waals surface area contributed by atoms with Crippen LogP contribution in [0.2, 0.25) is 0 Å². The summed E-state index contributed by atoms with van der Waals surface area (Å²) in [6.45, 7) is 4.05. The van der Waals surface area contributed by atoms with Crippen molar-refractivity contribution in [3.63, 3.8) is 0 Å². The molecular formula is C24H20N8. The van der Waals surface area contributed by atoms with Crippen LogP contribution < -0.4 is 0 Å². The highest BCUT2D eigenvalue weighted by Gasteiger charge is 2.18. The molecule has 6 rings (SSSR count). The van der Waals surface area contributed by atoms with Gasteiger partial charge < -0.3 is 9.55 Å². The van der Waals surface area contributed by atoms with Crippen LogP contribution in [0.3, 0.4) is 0 Å². The van der Waals surface area contributed by atoms with E-state index in [9.17, 15) is 0 Å². The third-order valence-electron chi connectivity index (χ3n) is 5.84. The fourth-order valence-corrected chi connectivity index (χ4v) is 4.02. The summed E-state index contributed by atoms with van der Waals surface area (Å²) in [4.78, 5) is 22.0. The van der Waals surface area contributed by atoms with Gasteiger partial charge in [-0.2, -0.15) is 5.10 Å². The zero-order chi connectivity index (χ0) is 21.8.